The number of nitrogens with one attached hydrogen (secondary N) is 1. The highest BCUT2D eigenvalue weighted by atomic mass is 19.1. The van der Waals surface area contributed by atoms with Gasteiger partial charge in [0.25, 0.3) is 0 Å². The Hall–Kier alpha value is -2.09. The van der Waals surface area contributed by atoms with Crippen LogP contribution in [-0.2, 0) is 0 Å². The summed E-state index contributed by atoms with van der Waals surface area (Å²) in [5, 5.41) is 1.04. The largest absolute Gasteiger partial charge is 0.354 e. The van der Waals surface area contributed by atoms with Crippen LogP contribution in [-0.4, -0.2) is 4.98 Å². The molecule has 0 radical (unpaired) electrons. The second-order valence-corrected chi connectivity index (χ2v) is 4.24. The molecule has 0 aliphatic carbocycles. The topological polar surface area (TPSA) is 15.8 Å². The van der Waals surface area contributed by atoms with E-state index in [1.165, 1.54) is 0 Å². The van der Waals surface area contributed by atoms with Crippen LogP contribution in [0.15, 0.2) is 48.5 Å². The molecule has 3 rings (SSSR count). The van der Waals surface area contributed by atoms with E-state index < -0.39 is 0 Å². The highest BCUT2D eigenvalue weighted by molar-refractivity contribution is 5.86. The molecule has 0 fully saturated rings. The molecular weight excluding hydrogens is 213 g/mol. The summed E-state index contributed by atoms with van der Waals surface area (Å²) in [5.41, 5.74) is 3.65. The molecule has 0 atom stereocenters. The van der Waals surface area contributed by atoms with Gasteiger partial charge in [-0.2, -0.15) is 0 Å². The van der Waals surface area contributed by atoms with Gasteiger partial charge in [-0.05, 0) is 36.2 Å². The molecule has 0 saturated heterocycles. The van der Waals surface area contributed by atoms with E-state index in [1.54, 1.807) is 13.0 Å². The predicted octanol–water partition coefficient (Wildman–Crippen LogP) is 4.28. The molecule has 3 aromatic rings. The van der Waals surface area contributed by atoms with Crippen molar-refractivity contribution in [3.05, 3.63) is 59.9 Å². The first-order chi connectivity index (χ1) is 8.24. The molecule has 84 valence electrons. The third-order valence-electron chi connectivity index (χ3n) is 2.98. The fraction of sp³-hybridized carbons (Fsp3) is 0.0667. The maximum Gasteiger partial charge on any atom is 0.128 e. The molecule has 1 N–H and O–H groups in total. The summed E-state index contributed by atoms with van der Waals surface area (Å²) in [6, 6.07) is 15.5. The van der Waals surface area contributed by atoms with Crippen molar-refractivity contribution in [2.75, 3.05) is 0 Å². The third-order valence-corrected chi connectivity index (χ3v) is 2.98. The number of hydrogen-bond acceptors (Lipinski definition) is 0. The number of halogens is 1. The van der Waals surface area contributed by atoms with Crippen LogP contribution in [0.5, 0.6) is 0 Å². The summed E-state index contributed by atoms with van der Waals surface area (Å²) in [6.45, 7) is 1.78. The SMILES string of the molecule is Cc1cc2cc(-c3ccccc3)[nH]c2cc1F. The number of aromatic nitrogens is 1. The van der Waals surface area contributed by atoms with Crippen LogP contribution in [0.2, 0.25) is 0 Å². The number of aromatic amines is 1. The van der Waals surface area contributed by atoms with E-state index in [1.807, 2.05) is 36.4 Å². The molecule has 2 heteroatoms. The van der Waals surface area contributed by atoms with Crippen LogP contribution in [0, 0.1) is 12.7 Å². The van der Waals surface area contributed by atoms with E-state index in [4.69, 9.17) is 0 Å². The van der Waals surface area contributed by atoms with E-state index in [-0.39, 0.29) is 5.82 Å². The van der Waals surface area contributed by atoms with Gasteiger partial charge >= 0.3 is 0 Å². The second kappa shape index (κ2) is 3.74. The minimum Gasteiger partial charge on any atom is -0.354 e. The van der Waals surface area contributed by atoms with Crippen molar-refractivity contribution in [1.29, 1.82) is 0 Å². The zero-order valence-corrected chi connectivity index (χ0v) is 9.50. The average Bonchev–Trinajstić information content (AvgIpc) is 2.74. The van der Waals surface area contributed by atoms with Gasteiger partial charge in [-0.15, -0.1) is 0 Å². The molecule has 2 aromatic carbocycles. The molecular formula is C15H12FN. The van der Waals surface area contributed by atoms with Gasteiger partial charge in [0.15, 0.2) is 0 Å². The summed E-state index contributed by atoms with van der Waals surface area (Å²) in [4.78, 5) is 3.24. The molecule has 0 aliphatic rings. The second-order valence-electron chi connectivity index (χ2n) is 4.24. The van der Waals surface area contributed by atoms with Gasteiger partial charge in [-0.1, -0.05) is 30.3 Å². The van der Waals surface area contributed by atoms with E-state index in [0.29, 0.717) is 5.56 Å². The molecule has 1 nitrogen and oxygen atoms in total. The van der Waals surface area contributed by atoms with Gasteiger partial charge in [0, 0.05) is 16.6 Å². The van der Waals surface area contributed by atoms with Crippen molar-refractivity contribution in [1.82, 2.24) is 4.98 Å². The summed E-state index contributed by atoms with van der Waals surface area (Å²) in [5.74, 6) is -0.168. The lowest BCUT2D eigenvalue weighted by atomic mass is 10.1. The first-order valence-electron chi connectivity index (χ1n) is 5.58. The minimum atomic E-state index is -0.168. The molecule has 0 saturated carbocycles. The number of benzene rings is 2. The highest BCUT2D eigenvalue weighted by Gasteiger charge is 2.05. The lowest BCUT2D eigenvalue weighted by Crippen LogP contribution is -1.80. The van der Waals surface area contributed by atoms with Crippen molar-refractivity contribution in [2.45, 2.75) is 6.92 Å². The van der Waals surface area contributed by atoms with E-state index in [0.717, 1.165) is 22.2 Å². The third kappa shape index (κ3) is 1.72. The average molecular weight is 225 g/mol. The van der Waals surface area contributed by atoms with Crippen molar-refractivity contribution >= 4 is 10.9 Å². The molecule has 0 spiro atoms. The zero-order chi connectivity index (χ0) is 11.8. The Morgan fingerprint density at radius 3 is 2.53 bits per heavy atom. The van der Waals surface area contributed by atoms with Crippen molar-refractivity contribution < 1.29 is 4.39 Å². The van der Waals surface area contributed by atoms with Crippen LogP contribution >= 0.6 is 0 Å². The number of fused-ring (bicyclic) bond motifs is 1. The summed E-state index contributed by atoms with van der Waals surface area (Å²) >= 11 is 0. The first-order valence-corrected chi connectivity index (χ1v) is 5.58. The molecule has 17 heavy (non-hydrogen) atoms. The van der Waals surface area contributed by atoms with Gasteiger partial charge in [-0.3, -0.25) is 0 Å². The number of H-pyrrole nitrogens is 1. The lowest BCUT2D eigenvalue weighted by molar-refractivity contribution is 0.620. The molecule has 0 unspecified atom stereocenters. The van der Waals surface area contributed by atoms with Gasteiger partial charge < -0.3 is 4.98 Å². The zero-order valence-electron chi connectivity index (χ0n) is 9.50. The molecule has 0 aliphatic heterocycles. The van der Waals surface area contributed by atoms with Crippen LogP contribution in [0.1, 0.15) is 5.56 Å². The number of hydrogen-bond donors (Lipinski definition) is 1. The summed E-state index contributed by atoms with van der Waals surface area (Å²) in [7, 11) is 0. The summed E-state index contributed by atoms with van der Waals surface area (Å²) < 4.78 is 13.4. The Morgan fingerprint density at radius 1 is 1.00 bits per heavy atom. The fourth-order valence-corrected chi connectivity index (χ4v) is 2.04. The fourth-order valence-electron chi connectivity index (χ4n) is 2.04. The van der Waals surface area contributed by atoms with Crippen LogP contribution in [0.25, 0.3) is 22.2 Å². The number of rotatable bonds is 1. The highest BCUT2D eigenvalue weighted by Crippen LogP contribution is 2.25. The Kier molecular flexibility index (Phi) is 2.22. The lowest BCUT2D eigenvalue weighted by Gasteiger charge is -1.95. The van der Waals surface area contributed by atoms with Gasteiger partial charge in [-0.25, -0.2) is 4.39 Å². The van der Waals surface area contributed by atoms with E-state index in [2.05, 4.69) is 11.1 Å². The smallest absolute Gasteiger partial charge is 0.128 e. The first kappa shape index (κ1) is 10.1. The van der Waals surface area contributed by atoms with E-state index in [9.17, 15) is 4.39 Å². The van der Waals surface area contributed by atoms with Crippen molar-refractivity contribution in [3.8, 4) is 11.3 Å². The van der Waals surface area contributed by atoms with Gasteiger partial charge in [0.05, 0.1) is 0 Å². The normalized spacial score (nSPS) is 10.9. The Balaban J connectivity index is 2.21. The van der Waals surface area contributed by atoms with Crippen LogP contribution in [0.3, 0.4) is 0 Å². The standard InChI is InChI=1S/C15H12FN/c1-10-7-12-8-14(11-5-3-2-4-6-11)17-15(12)9-13(10)16/h2-9,17H,1H3. The maximum atomic E-state index is 13.4. The monoisotopic (exact) mass is 225 g/mol. The molecule has 0 bridgehead atoms. The quantitative estimate of drug-likeness (QED) is 0.636. The van der Waals surface area contributed by atoms with Crippen LogP contribution in [0.4, 0.5) is 4.39 Å². The Bertz CT molecular complexity index is 629. The predicted molar refractivity (Wildman–Crippen MR) is 68.4 cm³/mol. The number of aryl methyl sites for hydroxylation is 1. The van der Waals surface area contributed by atoms with Crippen LogP contribution < -0.4 is 0 Å². The van der Waals surface area contributed by atoms with E-state index >= 15 is 0 Å². The molecule has 0 amide bonds. The summed E-state index contributed by atoms with van der Waals surface area (Å²) in [6.07, 6.45) is 0. The van der Waals surface area contributed by atoms with Crippen molar-refractivity contribution in [3.63, 3.8) is 0 Å². The van der Waals surface area contributed by atoms with Gasteiger partial charge in [0.1, 0.15) is 5.82 Å². The maximum absolute atomic E-state index is 13.4. The Labute approximate surface area is 98.9 Å². The molecule has 1 heterocycles. The minimum absolute atomic E-state index is 0.168. The van der Waals surface area contributed by atoms with Gasteiger partial charge in [0.2, 0.25) is 0 Å². The molecule has 1 aromatic heterocycles. The Morgan fingerprint density at radius 2 is 1.76 bits per heavy atom. The van der Waals surface area contributed by atoms with Crippen molar-refractivity contribution in [2.24, 2.45) is 0 Å².